The molecule has 99 heavy (non-hydrogen) atoms. The van der Waals surface area contributed by atoms with Crippen LogP contribution in [0.4, 0.5) is 0 Å². The molecule has 5 atom stereocenters. The summed E-state index contributed by atoms with van der Waals surface area (Å²) in [6.45, 7) is 6.00. The molecule has 13 rings (SSSR count). The molecule has 0 radical (unpaired) electrons. The molecule has 1 fully saturated rings. The lowest BCUT2D eigenvalue weighted by Gasteiger charge is -2.38. The van der Waals surface area contributed by atoms with Crippen LogP contribution in [-0.2, 0) is 76.5 Å². The number of hydrogen-bond donors (Lipinski definition) is 1. The van der Waals surface area contributed by atoms with Gasteiger partial charge in [-0.05, 0) is 123 Å². The summed E-state index contributed by atoms with van der Waals surface area (Å²) in [5.41, 5.74) is 4.25. The van der Waals surface area contributed by atoms with E-state index in [1.54, 1.807) is 166 Å². The average molecular weight is 1460 g/mol. The Labute approximate surface area is 602 Å². The second-order valence-electron chi connectivity index (χ2n) is 24.6. The molecular formula is C75H67Cl6N7O11. The van der Waals surface area contributed by atoms with E-state index in [1.807, 2.05) is 67.6 Å². The fraction of sp³-hybridized carbons (Fsp3) is 0.253. The maximum Gasteiger partial charge on any atom is 0.257 e. The molecule has 4 aliphatic rings. The number of likely N-dealkylation sites (N-methyl/N-ethyl adjacent to an activating group) is 1. The molecule has 1 saturated heterocycles. The number of carbonyl (C=O) groups excluding carboxylic acids is 5. The Morgan fingerprint density at radius 3 is 1.20 bits per heavy atom. The number of methoxy groups -OCH3 is 3. The van der Waals surface area contributed by atoms with Gasteiger partial charge in [-0.3, -0.25) is 53.6 Å². The minimum absolute atomic E-state index is 0.113. The van der Waals surface area contributed by atoms with Gasteiger partial charge in [-0.15, -0.1) is 0 Å². The highest BCUT2D eigenvalue weighted by atomic mass is 35.5. The zero-order valence-electron chi connectivity index (χ0n) is 55.0. The lowest BCUT2D eigenvalue weighted by Crippen LogP contribution is -2.45. The van der Waals surface area contributed by atoms with Crippen molar-refractivity contribution in [2.24, 2.45) is 0 Å². The molecule has 0 spiro atoms. The first-order chi connectivity index (χ1) is 47.2. The van der Waals surface area contributed by atoms with Gasteiger partial charge in [-0.2, -0.15) is 0 Å². The second-order valence-corrected chi connectivity index (χ2v) is 27.2. The fourth-order valence-corrected chi connectivity index (χ4v) is 13.3. The standard InChI is InChI=1S/C28H29Cl2N3O5.C24H20Cl2N2O3.C23H18Cl2N2O3/c1-27(36,17-38-16-25(34)32(2)3)19-7-12-24-23(13-19)26(35)33(15-22-11-10-21(30)14-31-22)28(24,37-4)18-5-8-20(29)9-6-18;1-23(14-31-23)16-5-10-21-20(11-16)22(29)28(13-19-9-8-18(26)12-27-19)24(21,30-2)15-3-6-17(25)7-4-15;1-14(28)15-3-10-21-20(11-15)22(29)27(13-19-9-8-18(25)12-26-19)23(21,30-2)16-4-6-17(24)7-5-16/h5-14,36H,15-17H2,1-4H3;3-12H,13-14H2,1-2H3;3-12H,13H2,1-2H3/t27?,28-;23?,24-;23-/m111/s1. The first-order valence-electron chi connectivity index (χ1n) is 31.0. The van der Waals surface area contributed by atoms with Crippen LogP contribution in [0, 0.1) is 0 Å². The van der Waals surface area contributed by atoms with Gasteiger partial charge in [-0.25, -0.2) is 0 Å². The predicted molar refractivity (Wildman–Crippen MR) is 377 cm³/mol. The lowest BCUT2D eigenvalue weighted by molar-refractivity contribution is -0.136. The number of aliphatic hydroxyl groups is 1. The van der Waals surface area contributed by atoms with Gasteiger partial charge >= 0.3 is 0 Å². The highest BCUT2D eigenvalue weighted by Gasteiger charge is 2.55. The van der Waals surface area contributed by atoms with Gasteiger partial charge in [0.2, 0.25) is 5.91 Å². The zero-order valence-corrected chi connectivity index (χ0v) is 59.5. The maximum atomic E-state index is 13.9. The Kier molecular flexibility index (Phi) is 21.2. The first kappa shape index (κ1) is 72.1. The third kappa shape index (κ3) is 14.1. The number of halogens is 6. The van der Waals surface area contributed by atoms with E-state index in [2.05, 4.69) is 15.0 Å². The SMILES string of the molecule is CO[C@]1(c2ccc(Cl)cc2)c2ccc(C(C)(O)COCC(=O)N(C)C)cc2C(=O)N1Cc1ccc(Cl)cn1.CO[C@]1(c2ccc(Cl)cc2)c2ccc(C(C)=O)cc2C(=O)N1Cc1ccc(Cl)cn1.CO[C@]1(c2ccc(Cl)cc2)c2ccc(C3(C)CO3)cc2C(=O)N1Cc1ccc(Cl)cn1. The molecule has 24 heteroatoms. The Morgan fingerprint density at radius 1 is 0.515 bits per heavy atom. The topological polar surface area (TPSA) is 207 Å². The van der Waals surface area contributed by atoms with Gasteiger partial charge in [0.1, 0.15) is 17.8 Å². The monoisotopic (exact) mass is 1450 g/mol. The summed E-state index contributed by atoms with van der Waals surface area (Å²) in [6, 6.07) is 48.3. The Hall–Kier alpha value is -8.18. The van der Waals surface area contributed by atoms with E-state index in [9.17, 15) is 29.1 Å². The van der Waals surface area contributed by atoms with Crippen molar-refractivity contribution in [2.75, 3.05) is 55.2 Å². The second kappa shape index (κ2) is 29.2. The van der Waals surface area contributed by atoms with Gasteiger partial charge in [0, 0.05) is 125 Å². The molecule has 2 unspecified atom stereocenters. The van der Waals surface area contributed by atoms with E-state index in [0.717, 1.165) is 22.3 Å². The van der Waals surface area contributed by atoms with Crippen molar-refractivity contribution in [1.29, 1.82) is 0 Å². The molecule has 0 bridgehead atoms. The summed E-state index contributed by atoms with van der Waals surface area (Å²) < 4.78 is 29.4. The molecule has 510 valence electrons. The number of amides is 4. The number of fused-ring (bicyclic) bond motifs is 3. The largest absolute Gasteiger partial charge is 0.383 e. The molecule has 9 aromatic rings. The summed E-state index contributed by atoms with van der Waals surface area (Å²) in [7, 11) is 7.96. The van der Waals surface area contributed by atoms with Crippen LogP contribution in [0.1, 0.15) is 124 Å². The van der Waals surface area contributed by atoms with Crippen molar-refractivity contribution in [3.05, 3.63) is 296 Å². The van der Waals surface area contributed by atoms with Crippen molar-refractivity contribution in [3.63, 3.8) is 0 Å². The third-order valence-corrected chi connectivity index (χ3v) is 19.4. The van der Waals surface area contributed by atoms with Crippen LogP contribution in [0.3, 0.4) is 0 Å². The van der Waals surface area contributed by atoms with Crippen LogP contribution < -0.4 is 0 Å². The third-order valence-electron chi connectivity index (χ3n) is 18.0. The van der Waals surface area contributed by atoms with Gasteiger partial charge < -0.3 is 33.7 Å². The summed E-state index contributed by atoms with van der Waals surface area (Å²) in [6.07, 6.45) is 4.64. The smallest absolute Gasteiger partial charge is 0.257 e. The first-order valence-corrected chi connectivity index (χ1v) is 33.3. The Morgan fingerprint density at radius 2 is 0.859 bits per heavy atom. The van der Waals surface area contributed by atoms with E-state index in [0.29, 0.717) is 98.3 Å². The summed E-state index contributed by atoms with van der Waals surface area (Å²) >= 11 is 36.4. The van der Waals surface area contributed by atoms with Crippen LogP contribution in [0.2, 0.25) is 30.1 Å². The number of pyridine rings is 3. The summed E-state index contributed by atoms with van der Waals surface area (Å²) in [5.74, 6) is -1.01. The van der Waals surface area contributed by atoms with Crippen LogP contribution in [0.15, 0.2) is 182 Å². The van der Waals surface area contributed by atoms with Crippen molar-refractivity contribution in [3.8, 4) is 0 Å². The number of aromatic nitrogens is 3. The minimum atomic E-state index is -1.46. The van der Waals surface area contributed by atoms with Gasteiger partial charge in [0.25, 0.3) is 17.7 Å². The number of nitrogens with zero attached hydrogens (tertiary/aromatic N) is 7. The lowest BCUT2D eigenvalue weighted by atomic mass is 9.89. The molecule has 3 aromatic heterocycles. The molecule has 6 aromatic carbocycles. The van der Waals surface area contributed by atoms with Crippen molar-refractivity contribution >= 4 is 99.0 Å². The molecule has 18 nitrogen and oxygen atoms in total. The van der Waals surface area contributed by atoms with Gasteiger partial charge in [0.05, 0.1) is 65.0 Å². The molecule has 4 amide bonds. The number of hydrogen-bond acceptors (Lipinski definition) is 14. The maximum absolute atomic E-state index is 13.9. The van der Waals surface area contributed by atoms with Crippen LogP contribution in [-0.4, -0.2) is 124 Å². The average Bonchev–Trinajstić information content (AvgIpc) is 1.59. The number of rotatable bonds is 19. The van der Waals surface area contributed by atoms with Gasteiger partial charge in [-0.1, -0.05) is 142 Å². The molecule has 0 aliphatic carbocycles. The predicted octanol–water partition coefficient (Wildman–Crippen LogP) is 14.4. The normalized spacial score (nSPS) is 20.1. The van der Waals surface area contributed by atoms with E-state index >= 15 is 0 Å². The highest BCUT2D eigenvalue weighted by molar-refractivity contribution is 6.32. The summed E-state index contributed by atoms with van der Waals surface area (Å²) in [5, 5.41) is 14.4. The fourth-order valence-electron chi connectivity index (χ4n) is 12.6. The molecule has 4 aliphatic heterocycles. The number of epoxide rings is 1. The van der Waals surface area contributed by atoms with E-state index in [1.165, 1.54) is 24.2 Å². The number of Topliss-reactive ketones (excluding diaryl/α,β-unsaturated/α-hetero) is 1. The molecule has 7 heterocycles. The van der Waals surface area contributed by atoms with E-state index < -0.39 is 22.8 Å². The number of carbonyl (C=O) groups is 5. The number of ether oxygens (including phenoxy) is 5. The minimum Gasteiger partial charge on any atom is -0.383 e. The van der Waals surface area contributed by atoms with Crippen LogP contribution in [0.25, 0.3) is 0 Å². The molecule has 0 saturated carbocycles. The summed E-state index contributed by atoms with van der Waals surface area (Å²) in [4.78, 5) is 84.4. The zero-order chi connectivity index (χ0) is 70.9. The highest BCUT2D eigenvalue weighted by Crippen LogP contribution is 2.51. The molecule has 1 N–H and O–H groups in total. The van der Waals surface area contributed by atoms with E-state index in [-0.39, 0.29) is 67.9 Å². The molecular weight excluding hydrogens is 1390 g/mol. The van der Waals surface area contributed by atoms with Crippen LogP contribution in [0.5, 0.6) is 0 Å². The number of ketones is 1. The van der Waals surface area contributed by atoms with E-state index in [4.69, 9.17) is 93.3 Å². The van der Waals surface area contributed by atoms with Crippen molar-refractivity contribution in [1.82, 2.24) is 34.6 Å². The number of benzene rings is 6. The van der Waals surface area contributed by atoms with Crippen molar-refractivity contribution < 1.29 is 52.8 Å². The van der Waals surface area contributed by atoms with Crippen LogP contribution >= 0.6 is 69.6 Å². The van der Waals surface area contributed by atoms with Crippen molar-refractivity contribution in [2.45, 2.75) is 68.8 Å². The quantitative estimate of drug-likeness (QED) is 0.0590. The Balaban J connectivity index is 0.000000151. The van der Waals surface area contributed by atoms with Gasteiger partial charge in [0.15, 0.2) is 23.0 Å². The Bertz CT molecular complexity index is 4530.